The summed E-state index contributed by atoms with van der Waals surface area (Å²) < 4.78 is 5.41. The second-order valence-corrected chi connectivity index (χ2v) is 6.21. The van der Waals surface area contributed by atoms with Crippen LogP contribution in [-0.4, -0.2) is 20.2 Å². The Morgan fingerprint density at radius 3 is 2.86 bits per heavy atom. The average molecular weight is 320 g/mol. The number of rotatable bonds is 5. The molecule has 0 aromatic heterocycles. The van der Waals surface area contributed by atoms with Gasteiger partial charge in [-0.1, -0.05) is 41.9 Å². The third-order valence-electron chi connectivity index (χ3n) is 4.53. The van der Waals surface area contributed by atoms with Gasteiger partial charge in [0, 0.05) is 6.04 Å². The molecule has 0 aliphatic heterocycles. The number of methoxy groups -OCH3 is 1. The molecule has 0 spiro atoms. The Morgan fingerprint density at radius 1 is 1.41 bits per heavy atom. The second kappa shape index (κ2) is 8.40. The van der Waals surface area contributed by atoms with E-state index in [9.17, 15) is 0 Å². The summed E-state index contributed by atoms with van der Waals surface area (Å²) in [4.78, 5) is 0. The lowest BCUT2D eigenvalue weighted by Crippen LogP contribution is -2.26. The second-order valence-electron chi connectivity index (χ2n) is 5.80. The first-order chi connectivity index (χ1) is 10.7. The molecule has 1 aromatic carbocycles. The molecule has 120 valence electrons. The van der Waals surface area contributed by atoms with Crippen LogP contribution in [0, 0.1) is 0 Å². The summed E-state index contributed by atoms with van der Waals surface area (Å²) in [5.74, 6) is 1.27. The summed E-state index contributed by atoms with van der Waals surface area (Å²) in [7, 11) is 3.74. The van der Waals surface area contributed by atoms with Crippen molar-refractivity contribution in [2.75, 3.05) is 14.2 Å². The lowest BCUT2D eigenvalue weighted by atomic mass is 9.89. The van der Waals surface area contributed by atoms with Crippen LogP contribution in [0.25, 0.3) is 0 Å². The van der Waals surface area contributed by atoms with Gasteiger partial charge in [-0.25, -0.2) is 0 Å². The van der Waals surface area contributed by atoms with E-state index in [4.69, 9.17) is 16.3 Å². The van der Waals surface area contributed by atoms with E-state index in [-0.39, 0.29) is 0 Å². The van der Waals surface area contributed by atoms with Crippen LogP contribution in [0.1, 0.15) is 43.2 Å². The number of hydrogen-bond donors (Lipinski definition) is 1. The molecule has 1 aliphatic carbocycles. The number of halogens is 1. The molecular weight excluding hydrogens is 294 g/mol. The van der Waals surface area contributed by atoms with Gasteiger partial charge in [-0.15, -0.1) is 0 Å². The molecule has 1 aromatic rings. The molecule has 0 saturated heterocycles. The number of hydrogen-bond acceptors (Lipinski definition) is 2. The van der Waals surface area contributed by atoms with E-state index in [0.717, 1.165) is 25.0 Å². The van der Waals surface area contributed by atoms with Crippen molar-refractivity contribution in [2.45, 2.75) is 44.6 Å². The first-order valence-electron chi connectivity index (χ1n) is 8.01. The topological polar surface area (TPSA) is 21.3 Å². The first-order valence-corrected chi connectivity index (χ1v) is 8.38. The molecule has 0 bridgehead atoms. The van der Waals surface area contributed by atoms with Crippen LogP contribution in [0.2, 0.25) is 0 Å². The molecular formula is C19H26ClNO. The number of benzene rings is 1. The summed E-state index contributed by atoms with van der Waals surface area (Å²) in [6.45, 7) is 1.92. The Labute approximate surface area is 139 Å². The molecule has 22 heavy (non-hydrogen) atoms. The maximum absolute atomic E-state index is 6.19. The Kier molecular flexibility index (Phi) is 6.53. The maximum atomic E-state index is 6.19. The number of allylic oxidation sites excluding steroid dienone is 3. The van der Waals surface area contributed by atoms with E-state index in [1.54, 1.807) is 7.11 Å². The van der Waals surface area contributed by atoms with Crippen LogP contribution < -0.4 is 5.32 Å². The normalized spacial score (nSPS) is 22.9. The molecule has 0 amide bonds. The molecule has 1 aliphatic rings. The van der Waals surface area contributed by atoms with Crippen LogP contribution in [-0.2, 0) is 11.2 Å². The van der Waals surface area contributed by atoms with Crippen LogP contribution in [0.15, 0.2) is 47.2 Å². The molecule has 2 nitrogen and oxygen atoms in total. The van der Waals surface area contributed by atoms with Crippen molar-refractivity contribution in [1.29, 1.82) is 0 Å². The molecule has 2 atom stereocenters. The zero-order valence-electron chi connectivity index (χ0n) is 13.7. The lowest BCUT2D eigenvalue weighted by Gasteiger charge is -2.20. The van der Waals surface area contributed by atoms with Crippen molar-refractivity contribution in [3.8, 4) is 0 Å². The summed E-state index contributed by atoms with van der Waals surface area (Å²) in [6, 6.07) is 9.39. The zero-order chi connectivity index (χ0) is 15.9. The van der Waals surface area contributed by atoms with Gasteiger partial charge in [0.2, 0.25) is 0 Å². The first kappa shape index (κ1) is 17.1. The standard InChI is InChI=1S/C19H26ClNO/c1-4-18(20)19(22-3)12-10-15-13-16(21-2)11-9-14-7-5-6-8-17(14)15/h4-8,12,15-16,21H,9-11,13H2,1-3H3/b18-4+,19-12+/t15-,16?/m1/s1. The van der Waals surface area contributed by atoms with Gasteiger partial charge in [0.15, 0.2) is 0 Å². The van der Waals surface area contributed by atoms with Crippen molar-refractivity contribution in [2.24, 2.45) is 0 Å². The number of ether oxygens (including phenoxy) is 1. The van der Waals surface area contributed by atoms with Gasteiger partial charge in [-0.3, -0.25) is 0 Å². The van der Waals surface area contributed by atoms with Crippen LogP contribution in [0.5, 0.6) is 0 Å². The minimum Gasteiger partial charge on any atom is -0.496 e. The van der Waals surface area contributed by atoms with E-state index in [2.05, 4.69) is 42.7 Å². The number of aryl methyl sites for hydroxylation is 1. The largest absolute Gasteiger partial charge is 0.496 e. The highest BCUT2D eigenvalue weighted by molar-refractivity contribution is 6.31. The van der Waals surface area contributed by atoms with Gasteiger partial charge in [-0.05, 0) is 62.8 Å². The molecule has 0 saturated carbocycles. The quantitative estimate of drug-likeness (QED) is 0.480. The Hall–Kier alpha value is -1.25. The van der Waals surface area contributed by atoms with Crippen molar-refractivity contribution < 1.29 is 4.74 Å². The third kappa shape index (κ3) is 4.15. The molecule has 0 radical (unpaired) electrons. The van der Waals surface area contributed by atoms with E-state index in [1.165, 1.54) is 17.5 Å². The fraction of sp³-hybridized carbons (Fsp3) is 0.474. The number of fused-ring (bicyclic) bond motifs is 1. The van der Waals surface area contributed by atoms with Crippen molar-refractivity contribution in [3.05, 3.63) is 58.3 Å². The molecule has 0 heterocycles. The van der Waals surface area contributed by atoms with Gasteiger partial charge < -0.3 is 10.1 Å². The van der Waals surface area contributed by atoms with E-state index >= 15 is 0 Å². The minimum atomic E-state index is 0.502. The summed E-state index contributed by atoms with van der Waals surface area (Å²) in [5, 5.41) is 4.13. The van der Waals surface area contributed by atoms with E-state index in [0.29, 0.717) is 17.0 Å². The molecule has 3 heteroatoms. The molecule has 0 fully saturated rings. The summed E-state index contributed by atoms with van der Waals surface area (Å²) >= 11 is 6.19. The smallest absolute Gasteiger partial charge is 0.133 e. The van der Waals surface area contributed by atoms with Gasteiger partial charge >= 0.3 is 0 Å². The maximum Gasteiger partial charge on any atom is 0.133 e. The van der Waals surface area contributed by atoms with Gasteiger partial charge in [0.05, 0.1) is 12.1 Å². The predicted molar refractivity (Wildman–Crippen MR) is 94.3 cm³/mol. The Morgan fingerprint density at radius 2 is 2.18 bits per heavy atom. The monoisotopic (exact) mass is 319 g/mol. The van der Waals surface area contributed by atoms with Crippen molar-refractivity contribution in [1.82, 2.24) is 5.32 Å². The highest BCUT2D eigenvalue weighted by Crippen LogP contribution is 2.34. The fourth-order valence-corrected chi connectivity index (χ4v) is 3.39. The Bertz CT molecular complexity index is 550. The van der Waals surface area contributed by atoms with E-state index < -0.39 is 0 Å². The van der Waals surface area contributed by atoms with Gasteiger partial charge in [-0.2, -0.15) is 0 Å². The van der Waals surface area contributed by atoms with Crippen LogP contribution in [0.3, 0.4) is 0 Å². The SMILES string of the molecule is C/C=C(Cl)\C(=C/C[C@@H]1CC(NC)CCc2ccccc21)OC. The molecule has 1 N–H and O–H groups in total. The zero-order valence-corrected chi connectivity index (χ0v) is 14.5. The number of nitrogens with one attached hydrogen (secondary N) is 1. The molecule has 1 unspecified atom stereocenters. The summed E-state index contributed by atoms with van der Waals surface area (Å²) in [6.07, 6.45) is 8.43. The highest BCUT2D eigenvalue weighted by atomic mass is 35.5. The van der Waals surface area contributed by atoms with Crippen LogP contribution in [0.4, 0.5) is 0 Å². The lowest BCUT2D eigenvalue weighted by molar-refractivity contribution is 0.302. The average Bonchev–Trinajstić information content (AvgIpc) is 2.74. The Balaban J connectivity index is 2.25. The summed E-state index contributed by atoms with van der Waals surface area (Å²) in [5.41, 5.74) is 2.96. The minimum absolute atomic E-state index is 0.502. The predicted octanol–water partition coefficient (Wildman–Crippen LogP) is 4.76. The molecule has 2 rings (SSSR count). The van der Waals surface area contributed by atoms with Crippen molar-refractivity contribution >= 4 is 11.6 Å². The highest BCUT2D eigenvalue weighted by Gasteiger charge is 2.23. The van der Waals surface area contributed by atoms with Crippen molar-refractivity contribution in [3.63, 3.8) is 0 Å². The van der Waals surface area contributed by atoms with Gasteiger partial charge in [0.25, 0.3) is 0 Å². The van der Waals surface area contributed by atoms with Gasteiger partial charge in [0.1, 0.15) is 5.76 Å². The van der Waals surface area contributed by atoms with E-state index in [1.807, 2.05) is 13.0 Å². The van der Waals surface area contributed by atoms with Crippen LogP contribution >= 0.6 is 11.6 Å². The fourth-order valence-electron chi connectivity index (χ4n) is 3.23. The third-order valence-corrected chi connectivity index (χ3v) is 4.94.